The highest BCUT2D eigenvalue weighted by atomic mass is 32.2. The summed E-state index contributed by atoms with van der Waals surface area (Å²) in [5.74, 6) is 2.25. The zero-order valence-corrected chi connectivity index (χ0v) is 15.7. The van der Waals surface area contributed by atoms with Gasteiger partial charge in [-0.15, -0.1) is 5.10 Å². The average Bonchev–Trinajstić information content (AvgIpc) is 3.21. The molecule has 0 fully saturated rings. The van der Waals surface area contributed by atoms with Crippen LogP contribution in [-0.2, 0) is 6.42 Å². The highest BCUT2D eigenvalue weighted by molar-refractivity contribution is 7.99. The number of benzene rings is 2. The van der Waals surface area contributed by atoms with Crippen LogP contribution in [0.4, 0.5) is 0 Å². The molecular weight excluding hydrogens is 362 g/mol. The van der Waals surface area contributed by atoms with Crippen molar-refractivity contribution >= 4 is 17.5 Å². The maximum Gasteiger partial charge on any atom is 0.209 e. The van der Waals surface area contributed by atoms with Gasteiger partial charge < -0.3 is 9.47 Å². The van der Waals surface area contributed by atoms with E-state index in [2.05, 4.69) is 34.2 Å². The Morgan fingerprint density at radius 2 is 1.89 bits per heavy atom. The molecule has 1 aliphatic heterocycles. The third-order valence-corrected chi connectivity index (χ3v) is 5.14. The molecule has 1 N–H and O–H groups in total. The Hall–Kier alpha value is -2.80. The predicted octanol–water partition coefficient (Wildman–Crippen LogP) is 3.78. The van der Waals surface area contributed by atoms with Crippen molar-refractivity contribution in [2.45, 2.75) is 18.5 Å². The van der Waals surface area contributed by atoms with E-state index in [1.165, 1.54) is 17.3 Å². The summed E-state index contributed by atoms with van der Waals surface area (Å²) in [6, 6.07) is 13.5. The van der Waals surface area contributed by atoms with Crippen molar-refractivity contribution < 1.29 is 14.3 Å². The fraction of sp³-hybridized carbons (Fsp3) is 0.250. The number of thioether (sulfide) groups is 1. The summed E-state index contributed by atoms with van der Waals surface area (Å²) < 4.78 is 11.0. The number of rotatable bonds is 6. The standard InChI is InChI=1S/C20H19N3O3S/c1-2-13-3-5-14(6-4-13)19-21-20(23-22-19)27-12-16(24)15-7-8-17-18(11-15)26-10-9-25-17/h3-8,11H,2,9-10,12H2,1H3,(H,21,22,23). The normalized spacial score (nSPS) is 12.8. The number of H-pyrrole nitrogens is 1. The van der Waals surface area contributed by atoms with E-state index in [1.807, 2.05) is 12.1 Å². The summed E-state index contributed by atoms with van der Waals surface area (Å²) >= 11 is 1.31. The number of nitrogens with zero attached hydrogens (tertiary/aromatic N) is 2. The van der Waals surface area contributed by atoms with Crippen molar-refractivity contribution in [1.29, 1.82) is 0 Å². The highest BCUT2D eigenvalue weighted by Gasteiger charge is 2.16. The van der Waals surface area contributed by atoms with Gasteiger partial charge in [0, 0.05) is 11.1 Å². The van der Waals surface area contributed by atoms with Crippen molar-refractivity contribution in [2.75, 3.05) is 19.0 Å². The lowest BCUT2D eigenvalue weighted by atomic mass is 10.1. The van der Waals surface area contributed by atoms with Crippen LogP contribution in [0.15, 0.2) is 47.6 Å². The minimum atomic E-state index is -0.00405. The van der Waals surface area contributed by atoms with Gasteiger partial charge in [-0.05, 0) is 30.2 Å². The first kappa shape index (κ1) is 17.6. The number of aryl methyl sites for hydroxylation is 1. The fourth-order valence-electron chi connectivity index (χ4n) is 2.77. The maximum atomic E-state index is 12.5. The Labute approximate surface area is 161 Å². The van der Waals surface area contributed by atoms with E-state index in [0.717, 1.165) is 12.0 Å². The maximum absolute atomic E-state index is 12.5. The average molecular weight is 381 g/mol. The van der Waals surface area contributed by atoms with Gasteiger partial charge >= 0.3 is 0 Å². The molecule has 0 saturated carbocycles. The van der Waals surface area contributed by atoms with Gasteiger partial charge in [0.15, 0.2) is 23.1 Å². The molecule has 1 aromatic heterocycles. The van der Waals surface area contributed by atoms with Crippen molar-refractivity contribution in [3.63, 3.8) is 0 Å². The van der Waals surface area contributed by atoms with Crippen LogP contribution in [0.25, 0.3) is 11.4 Å². The first-order valence-corrected chi connectivity index (χ1v) is 9.79. The molecule has 2 heterocycles. The van der Waals surface area contributed by atoms with Crippen molar-refractivity contribution in [2.24, 2.45) is 0 Å². The molecule has 0 amide bonds. The third-order valence-electron chi connectivity index (χ3n) is 4.30. The molecule has 4 rings (SSSR count). The Balaban J connectivity index is 1.40. The van der Waals surface area contributed by atoms with Crippen LogP contribution < -0.4 is 9.47 Å². The molecule has 2 aromatic carbocycles. The smallest absolute Gasteiger partial charge is 0.209 e. The van der Waals surface area contributed by atoms with E-state index in [1.54, 1.807) is 18.2 Å². The minimum Gasteiger partial charge on any atom is -0.486 e. The molecule has 0 atom stereocenters. The Bertz CT molecular complexity index is 953. The first-order valence-electron chi connectivity index (χ1n) is 8.80. The molecule has 0 unspecified atom stereocenters. The van der Waals surface area contributed by atoms with Crippen LogP contribution in [0.2, 0.25) is 0 Å². The number of aromatic nitrogens is 3. The number of Topliss-reactive ketones (excluding diaryl/α,β-unsaturated/α-hetero) is 1. The topological polar surface area (TPSA) is 77.1 Å². The lowest BCUT2D eigenvalue weighted by Crippen LogP contribution is -2.16. The molecule has 0 spiro atoms. The predicted molar refractivity (Wildman–Crippen MR) is 104 cm³/mol. The first-order chi connectivity index (χ1) is 13.2. The molecule has 0 radical (unpaired) electrons. The van der Waals surface area contributed by atoms with Gasteiger partial charge in [-0.2, -0.15) is 0 Å². The Kier molecular flexibility index (Phi) is 5.11. The van der Waals surface area contributed by atoms with Gasteiger partial charge in [-0.25, -0.2) is 4.98 Å². The van der Waals surface area contributed by atoms with Crippen molar-refractivity contribution in [3.8, 4) is 22.9 Å². The minimum absolute atomic E-state index is 0.00405. The van der Waals surface area contributed by atoms with Gasteiger partial charge in [0.25, 0.3) is 0 Å². The molecule has 27 heavy (non-hydrogen) atoms. The Morgan fingerprint density at radius 3 is 2.67 bits per heavy atom. The quantitative estimate of drug-likeness (QED) is 0.517. The van der Waals surface area contributed by atoms with E-state index < -0.39 is 0 Å². The van der Waals surface area contributed by atoms with Crippen LogP contribution in [0.5, 0.6) is 11.5 Å². The van der Waals surface area contributed by atoms with Gasteiger partial charge in [-0.3, -0.25) is 9.89 Å². The highest BCUT2D eigenvalue weighted by Crippen LogP contribution is 2.31. The molecule has 0 bridgehead atoms. The van der Waals surface area contributed by atoms with E-state index in [0.29, 0.717) is 41.3 Å². The monoisotopic (exact) mass is 381 g/mol. The van der Waals surface area contributed by atoms with Gasteiger partial charge in [-0.1, -0.05) is 43.0 Å². The summed E-state index contributed by atoms with van der Waals surface area (Å²) in [6.07, 6.45) is 1.000. The van der Waals surface area contributed by atoms with Crippen LogP contribution in [0, 0.1) is 0 Å². The summed E-state index contributed by atoms with van der Waals surface area (Å²) in [5, 5.41) is 7.69. The summed E-state index contributed by atoms with van der Waals surface area (Å²) in [4.78, 5) is 16.9. The molecule has 1 aliphatic rings. The molecule has 7 heteroatoms. The molecule has 6 nitrogen and oxygen atoms in total. The lowest BCUT2D eigenvalue weighted by molar-refractivity contribution is 0.102. The van der Waals surface area contributed by atoms with E-state index >= 15 is 0 Å². The van der Waals surface area contributed by atoms with Crippen molar-refractivity contribution in [1.82, 2.24) is 15.2 Å². The largest absolute Gasteiger partial charge is 0.486 e. The van der Waals surface area contributed by atoms with E-state index in [-0.39, 0.29) is 11.5 Å². The number of carbonyl (C=O) groups excluding carboxylic acids is 1. The van der Waals surface area contributed by atoms with E-state index in [4.69, 9.17) is 9.47 Å². The fourth-order valence-corrected chi connectivity index (χ4v) is 3.46. The molecule has 0 aliphatic carbocycles. The molecular formula is C20H19N3O3S. The lowest BCUT2D eigenvalue weighted by Gasteiger charge is -2.18. The number of aromatic amines is 1. The van der Waals surface area contributed by atoms with Crippen LogP contribution in [0.1, 0.15) is 22.8 Å². The SMILES string of the molecule is CCc1ccc(-c2nc(SCC(=O)c3ccc4c(c3)OCCO4)n[nH]2)cc1. The number of ether oxygens (including phenoxy) is 2. The zero-order valence-electron chi connectivity index (χ0n) is 14.9. The third kappa shape index (κ3) is 3.98. The summed E-state index contributed by atoms with van der Waals surface area (Å²) in [6.45, 7) is 3.15. The van der Waals surface area contributed by atoms with Gasteiger partial charge in [0.05, 0.1) is 5.75 Å². The number of carbonyl (C=O) groups is 1. The van der Waals surface area contributed by atoms with Crippen LogP contribution in [0.3, 0.4) is 0 Å². The second-order valence-corrected chi connectivity index (χ2v) is 7.03. The second kappa shape index (κ2) is 7.84. The van der Waals surface area contributed by atoms with Crippen LogP contribution >= 0.6 is 11.8 Å². The van der Waals surface area contributed by atoms with Crippen molar-refractivity contribution in [3.05, 3.63) is 53.6 Å². The Morgan fingerprint density at radius 1 is 1.11 bits per heavy atom. The van der Waals surface area contributed by atoms with Gasteiger partial charge in [0.2, 0.25) is 5.16 Å². The van der Waals surface area contributed by atoms with Gasteiger partial charge in [0.1, 0.15) is 13.2 Å². The number of fused-ring (bicyclic) bond motifs is 1. The summed E-state index contributed by atoms with van der Waals surface area (Å²) in [5.41, 5.74) is 2.85. The van der Waals surface area contributed by atoms with Crippen LogP contribution in [-0.4, -0.2) is 39.9 Å². The summed E-state index contributed by atoms with van der Waals surface area (Å²) in [7, 11) is 0. The number of nitrogens with one attached hydrogen (secondary N) is 1. The number of ketones is 1. The second-order valence-electron chi connectivity index (χ2n) is 6.09. The molecule has 3 aromatic rings. The number of hydrogen-bond acceptors (Lipinski definition) is 6. The zero-order chi connectivity index (χ0) is 18.6. The number of hydrogen-bond donors (Lipinski definition) is 1. The molecule has 0 saturated heterocycles. The molecule has 138 valence electrons. The van der Waals surface area contributed by atoms with E-state index in [9.17, 15) is 4.79 Å².